The van der Waals surface area contributed by atoms with E-state index in [-0.39, 0.29) is 0 Å². The fraction of sp³-hybridized carbons (Fsp3) is 0.379. The Bertz CT molecular complexity index is 1350. The molecule has 1 fully saturated rings. The normalized spacial score (nSPS) is 17.5. The molecule has 1 aromatic heterocycles. The van der Waals surface area contributed by atoms with Gasteiger partial charge < -0.3 is 26.2 Å². The van der Waals surface area contributed by atoms with Gasteiger partial charge in [-0.2, -0.15) is 0 Å². The van der Waals surface area contributed by atoms with Crippen molar-refractivity contribution in [2.75, 3.05) is 30.3 Å². The highest BCUT2D eigenvalue weighted by Gasteiger charge is 2.34. The molecule has 9 nitrogen and oxygen atoms in total. The van der Waals surface area contributed by atoms with Gasteiger partial charge in [0.2, 0.25) is 0 Å². The smallest absolute Gasteiger partial charge is 0.307 e. The average molecular weight is 550 g/mol. The molecule has 2 aliphatic rings. The zero-order valence-corrected chi connectivity index (χ0v) is 22.2. The van der Waals surface area contributed by atoms with Crippen LogP contribution in [0.25, 0.3) is 11.4 Å². The molecule has 3 aromatic rings. The van der Waals surface area contributed by atoms with Crippen LogP contribution in [0.5, 0.6) is 0 Å². The molecule has 204 valence electrons. The van der Waals surface area contributed by atoms with Gasteiger partial charge in [-0.1, -0.05) is 41.9 Å². The number of hydrogen-bond acceptors (Lipinski definition) is 7. The lowest BCUT2D eigenvalue weighted by Crippen LogP contribution is -2.31. The summed E-state index contributed by atoms with van der Waals surface area (Å²) in [7, 11) is 0. The first-order chi connectivity index (χ1) is 18.9. The van der Waals surface area contributed by atoms with Crippen molar-refractivity contribution in [1.82, 2.24) is 15.3 Å². The van der Waals surface area contributed by atoms with Crippen molar-refractivity contribution < 1.29 is 19.8 Å². The molecule has 2 unspecified atom stereocenters. The SMILES string of the molecule is O=C(O)CC(C(=O)O)C1CNCCc2c1ccc(Cl)c2NCc1ccc(-c2nccc(NCC3CC3)n2)cc1. The number of nitrogens with zero attached hydrogens (tertiary/aromatic N) is 2. The number of hydrogen-bond donors (Lipinski definition) is 5. The summed E-state index contributed by atoms with van der Waals surface area (Å²) in [6.07, 6.45) is 4.53. The first kappa shape index (κ1) is 26.9. The lowest BCUT2D eigenvalue weighted by atomic mass is 9.81. The van der Waals surface area contributed by atoms with Crippen LogP contribution in [0.15, 0.2) is 48.7 Å². The van der Waals surface area contributed by atoms with Crippen LogP contribution in [0, 0.1) is 11.8 Å². The van der Waals surface area contributed by atoms with Gasteiger partial charge in [-0.25, -0.2) is 9.97 Å². The van der Waals surface area contributed by atoms with Crippen LogP contribution in [0.3, 0.4) is 0 Å². The zero-order chi connectivity index (χ0) is 27.4. The maximum atomic E-state index is 12.0. The van der Waals surface area contributed by atoms with Crippen LogP contribution >= 0.6 is 11.6 Å². The molecule has 1 aliphatic carbocycles. The van der Waals surface area contributed by atoms with Gasteiger partial charge >= 0.3 is 11.9 Å². The van der Waals surface area contributed by atoms with E-state index in [0.717, 1.165) is 46.2 Å². The van der Waals surface area contributed by atoms with Crippen molar-refractivity contribution >= 4 is 35.0 Å². The van der Waals surface area contributed by atoms with E-state index >= 15 is 0 Å². The number of aromatic nitrogens is 2. The van der Waals surface area contributed by atoms with Gasteiger partial charge in [0.25, 0.3) is 0 Å². The Morgan fingerprint density at radius 2 is 1.87 bits per heavy atom. The van der Waals surface area contributed by atoms with E-state index in [1.165, 1.54) is 12.8 Å². The van der Waals surface area contributed by atoms with E-state index in [0.29, 0.717) is 36.9 Å². The van der Waals surface area contributed by atoms with Crippen molar-refractivity contribution in [2.24, 2.45) is 11.8 Å². The highest BCUT2D eigenvalue weighted by molar-refractivity contribution is 6.33. The molecular weight excluding hydrogens is 518 g/mol. The summed E-state index contributed by atoms with van der Waals surface area (Å²) in [5.41, 5.74) is 4.46. The average Bonchev–Trinajstić information content (AvgIpc) is 3.77. The van der Waals surface area contributed by atoms with Crippen LogP contribution in [0.1, 0.15) is 41.9 Å². The number of benzene rings is 2. The molecule has 5 rings (SSSR count). The van der Waals surface area contributed by atoms with Gasteiger partial charge in [0.1, 0.15) is 5.82 Å². The predicted molar refractivity (Wildman–Crippen MR) is 150 cm³/mol. The summed E-state index contributed by atoms with van der Waals surface area (Å²) >= 11 is 6.61. The van der Waals surface area contributed by atoms with E-state index in [1.807, 2.05) is 36.4 Å². The third-order valence-electron chi connectivity index (χ3n) is 7.42. The molecule has 2 aromatic carbocycles. The fourth-order valence-electron chi connectivity index (χ4n) is 5.10. The summed E-state index contributed by atoms with van der Waals surface area (Å²) in [4.78, 5) is 32.5. The number of anilines is 2. The molecule has 0 bridgehead atoms. The van der Waals surface area contributed by atoms with Gasteiger partial charge in [-0.15, -0.1) is 0 Å². The molecule has 2 atom stereocenters. The minimum Gasteiger partial charge on any atom is -0.481 e. The summed E-state index contributed by atoms with van der Waals surface area (Å²) in [5.74, 6) is -1.52. The fourth-order valence-corrected chi connectivity index (χ4v) is 5.35. The van der Waals surface area contributed by atoms with Gasteiger partial charge in [-0.05, 0) is 60.5 Å². The van der Waals surface area contributed by atoms with E-state index in [4.69, 9.17) is 11.6 Å². The molecular formula is C29H32ClN5O4. The molecule has 0 amide bonds. The lowest BCUT2D eigenvalue weighted by Gasteiger charge is -2.25. The second-order valence-electron chi connectivity index (χ2n) is 10.2. The van der Waals surface area contributed by atoms with E-state index in [1.54, 1.807) is 12.3 Å². The van der Waals surface area contributed by atoms with Gasteiger partial charge in [0.05, 0.1) is 23.0 Å². The van der Waals surface area contributed by atoms with E-state index < -0.39 is 30.2 Å². The van der Waals surface area contributed by atoms with E-state index in [2.05, 4.69) is 25.9 Å². The molecule has 39 heavy (non-hydrogen) atoms. The van der Waals surface area contributed by atoms with Gasteiger partial charge in [0, 0.05) is 37.3 Å². The number of fused-ring (bicyclic) bond motifs is 1. The third kappa shape index (κ3) is 6.66. The zero-order valence-electron chi connectivity index (χ0n) is 21.5. The minimum absolute atomic E-state index is 0.388. The third-order valence-corrected chi connectivity index (χ3v) is 7.73. The standard InChI is InChI=1S/C29H32ClN5O4/c30-24-8-7-20-21(9-11-31-16-23(20)22(29(38)39)13-26(36)37)27(24)34-15-18-3-5-19(6-4-18)28-32-12-10-25(35-28)33-14-17-1-2-17/h3-8,10,12,17,22-23,31,34H,1-2,9,11,13-16H2,(H,36,37)(H,38,39)(H,32,33,35). The van der Waals surface area contributed by atoms with Crippen molar-refractivity contribution in [1.29, 1.82) is 0 Å². The molecule has 2 heterocycles. The Kier molecular flexibility index (Phi) is 8.28. The highest BCUT2D eigenvalue weighted by atomic mass is 35.5. The summed E-state index contributed by atoms with van der Waals surface area (Å²) in [6.45, 7) is 2.48. The van der Waals surface area contributed by atoms with Crippen molar-refractivity contribution in [3.05, 3.63) is 70.4 Å². The quantitative estimate of drug-likeness (QED) is 0.232. The maximum Gasteiger partial charge on any atom is 0.307 e. The number of nitrogens with one attached hydrogen (secondary N) is 3. The van der Waals surface area contributed by atoms with Crippen molar-refractivity contribution in [3.63, 3.8) is 0 Å². The van der Waals surface area contributed by atoms with Gasteiger partial charge in [0.15, 0.2) is 5.82 Å². The summed E-state index contributed by atoms with van der Waals surface area (Å²) < 4.78 is 0. The van der Waals surface area contributed by atoms with Crippen LogP contribution in [0.2, 0.25) is 5.02 Å². The topological polar surface area (TPSA) is 136 Å². The predicted octanol–water partition coefficient (Wildman–Crippen LogP) is 4.64. The first-order valence-corrected chi connectivity index (χ1v) is 13.6. The second-order valence-corrected chi connectivity index (χ2v) is 10.6. The molecule has 5 N–H and O–H groups in total. The van der Waals surface area contributed by atoms with Crippen molar-refractivity contribution in [2.45, 2.75) is 38.1 Å². The summed E-state index contributed by atoms with van der Waals surface area (Å²) in [6, 6.07) is 13.5. The van der Waals surface area contributed by atoms with Crippen LogP contribution in [0.4, 0.5) is 11.5 Å². The molecule has 1 saturated carbocycles. The Hall–Kier alpha value is -3.69. The molecule has 10 heteroatoms. The number of halogens is 1. The van der Waals surface area contributed by atoms with Crippen LogP contribution < -0.4 is 16.0 Å². The Balaban J connectivity index is 1.32. The van der Waals surface area contributed by atoms with Gasteiger partial charge in [-0.3, -0.25) is 9.59 Å². The Morgan fingerprint density at radius 3 is 2.59 bits per heavy atom. The lowest BCUT2D eigenvalue weighted by molar-refractivity contribution is -0.149. The van der Waals surface area contributed by atoms with Crippen LogP contribution in [-0.2, 0) is 22.6 Å². The number of carbonyl (C=O) groups is 2. The Labute approximate surface area is 232 Å². The largest absolute Gasteiger partial charge is 0.481 e. The Morgan fingerprint density at radius 1 is 1.08 bits per heavy atom. The van der Waals surface area contributed by atoms with Crippen LogP contribution in [-0.4, -0.2) is 51.8 Å². The second kappa shape index (κ2) is 12.0. The monoisotopic (exact) mass is 549 g/mol. The highest BCUT2D eigenvalue weighted by Crippen LogP contribution is 2.38. The molecule has 0 spiro atoms. The molecule has 0 saturated heterocycles. The summed E-state index contributed by atoms with van der Waals surface area (Å²) in [5, 5.41) is 29.8. The number of aliphatic carboxylic acids is 2. The van der Waals surface area contributed by atoms with E-state index in [9.17, 15) is 19.8 Å². The molecule has 0 radical (unpaired) electrons. The maximum absolute atomic E-state index is 12.0. The molecule has 1 aliphatic heterocycles. The number of carboxylic acid groups (broad SMARTS) is 2. The number of carboxylic acids is 2. The van der Waals surface area contributed by atoms with Crippen molar-refractivity contribution in [3.8, 4) is 11.4 Å². The number of rotatable bonds is 11. The first-order valence-electron chi connectivity index (χ1n) is 13.3. The minimum atomic E-state index is -1.13.